The van der Waals surface area contributed by atoms with E-state index in [1.54, 1.807) is 0 Å². The number of hydrogen-bond acceptors (Lipinski definition) is 5. The molecule has 0 unspecified atom stereocenters. The fourth-order valence-electron chi connectivity index (χ4n) is 3.46. The average molecular weight is 418 g/mol. The highest BCUT2D eigenvalue weighted by Crippen LogP contribution is 2.25. The first-order valence-electron chi connectivity index (χ1n) is 9.78. The summed E-state index contributed by atoms with van der Waals surface area (Å²) < 4.78 is 7.91. The molecule has 0 saturated carbocycles. The predicted molar refractivity (Wildman–Crippen MR) is 119 cm³/mol. The number of ketones is 1. The van der Waals surface area contributed by atoms with E-state index in [1.165, 1.54) is 17.3 Å². The quantitative estimate of drug-likeness (QED) is 0.294. The van der Waals surface area contributed by atoms with E-state index in [2.05, 4.69) is 26.9 Å². The second kappa shape index (κ2) is 8.71. The van der Waals surface area contributed by atoms with Crippen molar-refractivity contribution in [2.24, 2.45) is 0 Å². The van der Waals surface area contributed by atoms with Gasteiger partial charge in [-0.2, -0.15) is 0 Å². The highest BCUT2D eigenvalue weighted by molar-refractivity contribution is 7.99. The number of benzene rings is 2. The van der Waals surface area contributed by atoms with Gasteiger partial charge in [-0.1, -0.05) is 59.8 Å². The second-order valence-electron chi connectivity index (χ2n) is 7.31. The summed E-state index contributed by atoms with van der Waals surface area (Å²) in [6.07, 6.45) is 0. The molecule has 5 nitrogen and oxygen atoms in total. The van der Waals surface area contributed by atoms with E-state index in [-0.39, 0.29) is 11.5 Å². The number of carbonyl (C=O) groups is 1. The smallest absolute Gasteiger partial charge is 0.277 e. The van der Waals surface area contributed by atoms with E-state index in [0.717, 1.165) is 34.6 Å². The van der Waals surface area contributed by atoms with Gasteiger partial charge in [0.15, 0.2) is 5.78 Å². The summed E-state index contributed by atoms with van der Waals surface area (Å²) in [6.45, 7) is 6.80. The maximum absolute atomic E-state index is 12.9. The van der Waals surface area contributed by atoms with E-state index in [9.17, 15) is 4.79 Å². The molecule has 0 amide bonds. The zero-order chi connectivity index (χ0) is 21.1. The number of rotatable bonds is 7. The highest BCUT2D eigenvalue weighted by Gasteiger charge is 2.18. The SMILES string of the molecule is Cc1cccc(-c2nnc(SCC(=O)c3cc(C)n(Cc4ccccc4)c3C)o2)c1. The minimum Gasteiger partial charge on any atom is -0.411 e. The monoisotopic (exact) mass is 417 g/mol. The molecular formula is C24H23N3O2S. The maximum atomic E-state index is 12.9. The molecule has 0 bridgehead atoms. The number of carbonyl (C=O) groups excluding carboxylic acids is 1. The second-order valence-corrected chi connectivity index (χ2v) is 8.24. The van der Waals surface area contributed by atoms with Crippen molar-refractivity contribution >= 4 is 17.5 Å². The molecule has 2 heterocycles. The number of hydrogen-bond donors (Lipinski definition) is 0. The van der Waals surface area contributed by atoms with Crippen LogP contribution < -0.4 is 0 Å². The molecule has 0 N–H and O–H groups in total. The average Bonchev–Trinajstić information content (AvgIpc) is 3.33. The van der Waals surface area contributed by atoms with E-state index in [1.807, 2.05) is 69.3 Å². The Kier molecular flexibility index (Phi) is 5.86. The van der Waals surface area contributed by atoms with Crippen LogP contribution in [-0.2, 0) is 6.54 Å². The Morgan fingerprint density at radius 3 is 2.57 bits per heavy atom. The molecule has 0 aliphatic carbocycles. The number of aryl methyl sites for hydroxylation is 2. The van der Waals surface area contributed by atoms with E-state index < -0.39 is 0 Å². The van der Waals surface area contributed by atoms with Gasteiger partial charge in [-0.25, -0.2) is 0 Å². The van der Waals surface area contributed by atoms with Gasteiger partial charge < -0.3 is 8.98 Å². The number of Topliss-reactive ketones (excluding diaryl/α,β-unsaturated/α-hetero) is 1. The fraction of sp³-hybridized carbons (Fsp3) is 0.208. The first-order chi connectivity index (χ1) is 14.5. The Bertz CT molecular complexity index is 1180. The van der Waals surface area contributed by atoms with E-state index in [4.69, 9.17) is 4.42 Å². The van der Waals surface area contributed by atoms with Crippen LogP contribution in [0.2, 0.25) is 0 Å². The molecule has 30 heavy (non-hydrogen) atoms. The van der Waals surface area contributed by atoms with Crippen LogP contribution in [0.1, 0.15) is 32.9 Å². The summed E-state index contributed by atoms with van der Waals surface area (Å²) >= 11 is 1.27. The van der Waals surface area contributed by atoms with Crippen LogP contribution in [0.5, 0.6) is 0 Å². The minimum atomic E-state index is 0.0581. The zero-order valence-corrected chi connectivity index (χ0v) is 18.1. The van der Waals surface area contributed by atoms with Crippen LogP contribution in [0.3, 0.4) is 0 Å². The van der Waals surface area contributed by atoms with Gasteiger partial charge in [-0.15, -0.1) is 10.2 Å². The van der Waals surface area contributed by atoms with Gasteiger partial charge in [-0.3, -0.25) is 4.79 Å². The van der Waals surface area contributed by atoms with Gasteiger partial charge in [0.25, 0.3) is 5.22 Å². The molecule has 4 aromatic rings. The van der Waals surface area contributed by atoms with Crippen LogP contribution in [-0.4, -0.2) is 26.3 Å². The van der Waals surface area contributed by atoms with Crippen LogP contribution in [0.4, 0.5) is 0 Å². The lowest BCUT2D eigenvalue weighted by Crippen LogP contribution is -2.07. The molecule has 6 heteroatoms. The molecule has 0 atom stereocenters. The Balaban J connectivity index is 1.44. The van der Waals surface area contributed by atoms with Crippen molar-refractivity contribution in [2.75, 3.05) is 5.75 Å². The lowest BCUT2D eigenvalue weighted by molar-refractivity contribution is 0.102. The van der Waals surface area contributed by atoms with Gasteiger partial charge in [0.1, 0.15) is 0 Å². The van der Waals surface area contributed by atoms with Gasteiger partial charge in [0, 0.05) is 29.1 Å². The van der Waals surface area contributed by atoms with Gasteiger partial charge >= 0.3 is 0 Å². The molecule has 0 aliphatic rings. The molecular weight excluding hydrogens is 394 g/mol. The molecule has 0 spiro atoms. The summed E-state index contributed by atoms with van der Waals surface area (Å²) in [6, 6.07) is 20.1. The van der Waals surface area contributed by atoms with Crippen molar-refractivity contribution in [3.05, 3.63) is 88.7 Å². The van der Waals surface area contributed by atoms with Crippen molar-refractivity contribution in [1.29, 1.82) is 0 Å². The number of aromatic nitrogens is 3. The molecule has 4 rings (SSSR count). The Morgan fingerprint density at radius 2 is 1.80 bits per heavy atom. The topological polar surface area (TPSA) is 60.9 Å². The lowest BCUT2D eigenvalue weighted by atomic mass is 10.1. The Labute approximate surface area is 180 Å². The first kappa shape index (κ1) is 20.2. The molecule has 0 fully saturated rings. The first-order valence-corrected chi connectivity index (χ1v) is 10.8. The van der Waals surface area contributed by atoms with Crippen LogP contribution in [0, 0.1) is 20.8 Å². The summed E-state index contributed by atoms with van der Waals surface area (Å²) in [5.74, 6) is 0.780. The van der Waals surface area contributed by atoms with Crippen molar-refractivity contribution in [3.63, 3.8) is 0 Å². The van der Waals surface area contributed by atoms with Gasteiger partial charge in [0.05, 0.1) is 5.75 Å². The summed E-state index contributed by atoms with van der Waals surface area (Å²) in [5.41, 5.74) is 6.01. The number of nitrogens with zero attached hydrogens (tertiary/aromatic N) is 3. The molecule has 0 radical (unpaired) electrons. The Morgan fingerprint density at radius 1 is 1.00 bits per heavy atom. The third kappa shape index (κ3) is 4.39. The van der Waals surface area contributed by atoms with Crippen molar-refractivity contribution in [2.45, 2.75) is 32.5 Å². The summed E-state index contributed by atoms with van der Waals surface area (Å²) in [4.78, 5) is 12.9. The predicted octanol–water partition coefficient (Wildman–Crippen LogP) is 5.49. The van der Waals surface area contributed by atoms with Crippen LogP contribution in [0.25, 0.3) is 11.5 Å². The fourth-order valence-corrected chi connectivity index (χ4v) is 4.11. The van der Waals surface area contributed by atoms with Crippen LogP contribution >= 0.6 is 11.8 Å². The molecule has 0 aliphatic heterocycles. The van der Waals surface area contributed by atoms with Crippen molar-refractivity contribution < 1.29 is 9.21 Å². The van der Waals surface area contributed by atoms with Crippen LogP contribution in [0.15, 0.2) is 70.3 Å². The third-order valence-corrected chi connectivity index (χ3v) is 5.87. The van der Waals surface area contributed by atoms with Crippen molar-refractivity contribution in [1.82, 2.24) is 14.8 Å². The number of thioether (sulfide) groups is 1. The summed E-state index contributed by atoms with van der Waals surface area (Å²) in [5, 5.41) is 8.59. The van der Waals surface area contributed by atoms with E-state index >= 15 is 0 Å². The summed E-state index contributed by atoms with van der Waals surface area (Å²) in [7, 11) is 0. The third-order valence-electron chi connectivity index (χ3n) is 5.06. The molecule has 0 saturated heterocycles. The largest absolute Gasteiger partial charge is 0.411 e. The lowest BCUT2D eigenvalue weighted by Gasteiger charge is -2.09. The zero-order valence-electron chi connectivity index (χ0n) is 17.3. The van der Waals surface area contributed by atoms with Gasteiger partial charge in [0.2, 0.25) is 5.89 Å². The van der Waals surface area contributed by atoms with E-state index in [0.29, 0.717) is 11.1 Å². The highest BCUT2D eigenvalue weighted by atomic mass is 32.2. The molecule has 2 aromatic heterocycles. The minimum absolute atomic E-state index is 0.0581. The normalized spacial score (nSPS) is 11.0. The Hall–Kier alpha value is -3.12. The molecule has 152 valence electrons. The maximum Gasteiger partial charge on any atom is 0.277 e. The van der Waals surface area contributed by atoms with Gasteiger partial charge in [-0.05, 0) is 44.5 Å². The molecule has 2 aromatic carbocycles. The standard InChI is InChI=1S/C24H23N3O2S/c1-16-8-7-11-20(12-16)23-25-26-24(29-23)30-15-22(28)21-13-17(2)27(18(21)3)14-19-9-5-4-6-10-19/h4-13H,14-15H2,1-3H3. The van der Waals surface area contributed by atoms with Crippen molar-refractivity contribution in [3.8, 4) is 11.5 Å².